The number of benzene rings is 10. The second kappa shape index (κ2) is 31.8. The first-order valence-corrected chi connectivity index (χ1v) is 37.3. The standard InChI is InChI=1S/2C36H31NO4S.2CH4O3S.CH4.O3S/c2*1-22-9-7-10-23(2)31(22)19-26-15-17-28-32(20-26)41-33-21-27(37-36-24(3)11-8-12-25(36)4)16-18-29(33)35(28)30-13-5-6-14-34(30)42(38,39)40;2*1-5(2,3)4;;1-4(2)3/h2*5-21,37H,1-4H3,(H,38,39,40);2*1H3,(H,2,3,4);1H4;/p-2/b2*26-19+;;;;. The molecule has 19 nitrogen and oxygen atoms in total. The van der Waals surface area contributed by atoms with Gasteiger partial charge in [0.15, 0.2) is 0 Å². The Morgan fingerprint density at radius 2 is 0.657 bits per heavy atom. The van der Waals surface area contributed by atoms with Crippen molar-refractivity contribution in [2.24, 2.45) is 0 Å². The Bertz CT molecular complexity index is 5230. The zero-order valence-electron chi connectivity index (χ0n) is 54.7. The van der Waals surface area contributed by atoms with Crippen molar-refractivity contribution < 1.29 is 74.0 Å². The number of hydrogen-bond acceptors (Lipinski definition) is 17. The van der Waals surface area contributed by atoms with Crippen LogP contribution in [0.3, 0.4) is 0 Å². The lowest BCUT2D eigenvalue weighted by molar-refractivity contribution is 0.468. The Morgan fingerprint density at radius 3 is 0.949 bits per heavy atom. The van der Waals surface area contributed by atoms with E-state index in [4.69, 9.17) is 48.0 Å². The Labute approximate surface area is 578 Å². The van der Waals surface area contributed by atoms with E-state index in [2.05, 4.69) is 127 Å². The summed E-state index contributed by atoms with van der Waals surface area (Å²) in [7, 11) is -19.9. The molecule has 2 heterocycles. The van der Waals surface area contributed by atoms with Crippen LogP contribution in [0.25, 0.3) is 23.3 Å². The van der Waals surface area contributed by atoms with E-state index in [1.54, 1.807) is 36.4 Å². The van der Waals surface area contributed by atoms with Crippen molar-refractivity contribution in [1.82, 2.24) is 0 Å². The molecule has 4 N–H and O–H groups in total. The molecule has 0 unspecified atom stereocenters. The van der Waals surface area contributed by atoms with Crippen LogP contribution in [-0.2, 0) is 51.1 Å². The molecular weight excluding hydrogens is 1360 g/mol. The third-order valence-electron chi connectivity index (χ3n) is 15.6. The fourth-order valence-electron chi connectivity index (χ4n) is 11.3. The van der Waals surface area contributed by atoms with Gasteiger partial charge in [-0.3, -0.25) is 9.11 Å². The molecular formula is C75H72N2O17S5-2. The third kappa shape index (κ3) is 20.2. The molecule has 12 rings (SSSR count). The molecule has 0 atom stereocenters. The van der Waals surface area contributed by atoms with Crippen LogP contribution in [-0.4, -0.2) is 77.0 Å². The maximum absolute atomic E-state index is 12.5. The Hall–Kier alpha value is -9.86. The van der Waals surface area contributed by atoms with Gasteiger partial charge in [-0.1, -0.05) is 129 Å². The van der Waals surface area contributed by atoms with Crippen LogP contribution in [0.4, 0.5) is 22.7 Å². The number of rotatable bonds is 10. The van der Waals surface area contributed by atoms with Crippen LogP contribution in [0.1, 0.15) is 85.3 Å². The lowest BCUT2D eigenvalue weighted by Crippen LogP contribution is -2.21. The minimum absolute atomic E-state index is 0. The van der Waals surface area contributed by atoms with Gasteiger partial charge in [-0.2, -0.15) is 16.8 Å². The van der Waals surface area contributed by atoms with Gasteiger partial charge in [0, 0.05) is 91.2 Å². The number of nitrogens with one attached hydrogen (secondary N) is 2. The largest absolute Gasteiger partial charge is 0.748 e. The van der Waals surface area contributed by atoms with Crippen molar-refractivity contribution in [3.8, 4) is 23.0 Å². The number of ether oxygens (including phenoxy) is 2. The number of para-hydroxylation sites is 2. The number of hydrogen-bond donors (Lipinski definition) is 4. The van der Waals surface area contributed by atoms with Crippen LogP contribution in [0.5, 0.6) is 23.0 Å². The van der Waals surface area contributed by atoms with Crippen LogP contribution < -0.4 is 41.0 Å². The monoisotopic (exact) mass is 1430 g/mol. The van der Waals surface area contributed by atoms with Crippen molar-refractivity contribution in [2.75, 3.05) is 23.1 Å². The number of anilines is 4. The van der Waals surface area contributed by atoms with E-state index in [1.807, 2.05) is 97.1 Å². The molecule has 10 aromatic carbocycles. The van der Waals surface area contributed by atoms with Gasteiger partial charge in [0.25, 0.3) is 20.2 Å². The maximum atomic E-state index is 12.5. The van der Waals surface area contributed by atoms with Gasteiger partial charge in [-0.15, -0.1) is 12.6 Å². The summed E-state index contributed by atoms with van der Waals surface area (Å²) in [6.07, 6.45) is 5.48. The van der Waals surface area contributed by atoms with Gasteiger partial charge in [0.05, 0.1) is 20.2 Å². The van der Waals surface area contributed by atoms with Crippen LogP contribution in [0.2, 0.25) is 0 Å². The second-order valence-corrected chi connectivity index (χ2v) is 29.1. The predicted octanol–water partition coefficient (Wildman–Crippen LogP) is 12.1. The highest BCUT2D eigenvalue weighted by Crippen LogP contribution is 2.42. The normalized spacial score (nSPS) is 12.3. The molecule has 24 heteroatoms. The molecule has 516 valence electrons. The molecule has 0 aromatic heterocycles. The molecule has 0 saturated carbocycles. The lowest BCUT2D eigenvalue weighted by Gasteiger charge is -2.23. The maximum Gasteiger partial charge on any atom is 0.425 e. The van der Waals surface area contributed by atoms with E-state index < -0.39 is 51.1 Å². The van der Waals surface area contributed by atoms with Gasteiger partial charge in [-0.25, -0.2) is 16.8 Å². The Balaban J connectivity index is 0.000000232. The summed E-state index contributed by atoms with van der Waals surface area (Å²) >= 11 is 0. The zero-order chi connectivity index (χ0) is 71.8. The van der Waals surface area contributed by atoms with E-state index in [1.165, 1.54) is 34.4 Å². The minimum Gasteiger partial charge on any atom is -0.748 e. The van der Waals surface area contributed by atoms with Crippen molar-refractivity contribution in [3.63, 3.8) is 0 Å². The van der Waals surface area contributed by atoms with Gasteiger partial charge in [0.2, 0.25) is 0 Å². The predicted molar refractivity (Wildman–Crippen MR) is 385 cm³/mol. The third-order valence-corrected chi connectivity index (χ3v) is 17.4. The van der Waals surface area contributed by atoms with E-state index >= 15 is 0 Å². The highest BCUT2D eigenvalue weighted by atomic mass is 32.2. The second-order valence-electron chi connectivity index (χ2n) is 23.1. The first-order chi connectivity index (χ1) is 45.9. The molecule has 0 spiro atoms. The first kappa shape index (κ1) is 76.5. The summed E-state index contributed by atoms with van der Waals surface area (Å²) in [6, 6.07) is 61.3. The Kier molecular flexibility index (Phi) is 24.6. The summed E-state index contributed by atoms with van der Waals surface area (Å²) in [5.41, 5.74) is 18.9. The van der Waals surface area contributed by atoms with Crippen molar-refractivity contribution in [1.29, 1.82) is 0 Å². The fraction of sp³-hybridized carbons (Fsp3) is 0.147. The topological polar surface area (TPSA) is 317 Å². The summed E-state index contributed by atoms with van der Waals surface area (Å²) in [4.78, 5) is -0.301. The quantitative estimate of drug-likeness (QED) is 0.0924. The molecule has 0 bridgehead atoms. The molecule has 0 aliphatic carbocycles. The fourth-order valence-corrected chi connectivity index (χ4v) is 12.7. The van der Waals surface area contributed by atoms with Crippen LogP contribution in [0.15, 0.2) is 204 Å². The van der Waals surface area contributed by atoms with Gasteiger partial charge >= 0.3 is 10.6 Å². The van der Waals surface area contributed by atoms with Gasteiger partial charge < -0.3 is 29.2 Å². The lowest BCUT2D eigenvalue weighted by atomic mass is 9.92. The zero-order valence-corrected chi connectivity index (χ0v) is 58.8. The molecule has 0 amide bonds. The summed E-state index contributed by atoms with van der Waals surface area (Å²) < 4.78 is 163. The summed E-state index contributed by atoms with van der Waals surface area (Å²) in [5, 5.41) is 10.5. The molecule has 2 aliphatic rings. The van der Waals surface area contributed by atoms with E-state index in [9.17, 15) is 25.9 Å². The van der Waals surface area contributed by atoms with E-state index in [0.717, 1.165) is 88.1 Å². The highest BCUT2D eigenvalue weighted by molar-refractivity contribution is 7.86. The van der Waals surface area contributed by atoms with Crippen molar-refractivity contribution >= 4 is 97.1 Å². The molecule has 2 aliphatic heterocycles. The van der Waals surface area contributed by atoms with Gasteiger partial charge in [-0.05, 0) is 194 Å². The summed E-state index contributed by atoms with van der Waals surface area (Å²) in [6.45, 7) is 16.6. The number of fused-ring (bicyclic) bond motifs is 4. The average molecular weight is 1430 g/mol. The smallest absolute Gasteiger partial charge is 0.425 e. The molecule has 99 heavy (non-hydrogen) atoms. The first-order valence-electron chi connectivity index (χ1n) is 29.8. The van der Waals surface area contributed by atoms with E-state index in [0.29, 0.717) is 57.8 Å². The minimum atomic E-state index is -4.48. The molecule has 0 fully saturated rings. The number of aryl methyl sites for hydroxylation is 8. The van der Waals surface area contributed by atoms with Crippen molar-refractivity contribution in [2.45, 2.75) is 72.6 Å². The van der Waals surface area contributed by atoms with Crippen molar-refractivity contribution in [3.05, 3.63) is 293 Å². The van der Waals surface area contributed by atoms with Crippen LogP contribution >= 0.6 is 0 Å². The highest BCUT2D eigenvalue weighted by Gasteiger charge is 2.28. The molecule has 0 saturated heterocycles. The SMILES string of the molecule is C.CS(=O)(=O)[O-].CS(=O)(=O)[O-].Cc1cccc(C)c1/C=c1\ccc2c(c1)Oc1cc(Nc3c(C)cccc3C)ccc1C=2c1ccccc1S(=O)(=O)O.Cc1cccc(C)c1/C=c1\ccc2c(c1)Oc1cc(Nc3c(C)cccc3C)ccc1C=2c1ccccc1S(=O)(=O)O.O=S(=O)=O. The van der Waals surface area contributed by atoms with Gasteiger partial charge in [0.1, 0.15) is 32.8 Å². The van der Waals surface area contributed by atoms with E-state index in [-0.39, 0.29) is 17.2 Å². The molecule has 10 aromatic rings. The average Bonchev–Trinajstić information content (AvgIpc) is 0.750. The van der Waals surface area contributed by atoms with Crippen LogP contribution in [0, 0.1) is 55.4 Å². The summed E-state index contributed by atoms with van der Waals surface area (Å²) in [5.74, 6) is 2.38. The molecule has 0 radical (unpaired) electrons. The Morgan fingerprint density at radius 1 is 0.374 bits per heavy atom.